The van der Waals surface area contributed by atoms with Gasteiger partial charge in [-0.2, -0.15) is 0 Å². The third kappa shape index (κ3) is 4.24. The van der Waals surface area contributed by atoms with Gasteiger partial charge < -0.3 is 44.5 Å². The van der Waals surface area contributed by atoms with Crippen LogP contribution in [-0.2, 0) is 18.9 Å². The second-order valence-electron chi connectivity index (χ2n) is 17.7. The molecule has 0 radical (unpaired) electrons. The zero-order chi connectivity index (χ0) is 32.5. The topological polar surface area (TPSA) is 138 Å². The maximum Gasteiger partial charge on any atom is 0.186 e. The third-order valence-electron chi connectivity index (χ3n) is 15.2. The van der Waals surface area contributed by atoms with Crippen molar-refractivity contribution in [2.45, 2.75) is 142 Å². The fourth-order valence-electron chi connectivity index (χ4n) is 13.1. The lowest BCUT2D eigenvalue weighted by molar-refractivity contribution is -0.342. The summed E-state index contributed by atoms with van der Waals surface area (Å²) in [5.41, 5.74) is 0.163. The van der Waals surface area contributed by atoms with Gasteiger partial charge in [0.2, 0.25) is 0 Å². The second kappa shape index (κ2) is 10.4. The molecule has 0 amide bonds. The predicted molar refractivity (Wildman–Crippen MR) is 166 cm³/mol. The zero-order valence-corrected chi connectivity index (χ0v) is 28.4. The van der Waals surface area contributed by atoms with E-state index in [1.807, 2.05) is 6.92 Å². The third-order valence-corrected chi connectivity index (χ3v) is 15.2. The maximum absolute atomic E-state index is 12.2. The molecule has 4 saturated carbocycles. The quantitative estimate of drug-likeness (QED) is 0.232. The first kappa shape index (κ1) is 32.9. The Morgan fingerprint density at radius 3 is 2.31 bits per heavy atom. The summed E-state index contributed by atoms with van der Waals surface area (Å²) in [4.78, 5) is 0. The van der Waals surface area contributed by atoms with Crippen LogP contribution in [0.3, 0.4) is 0 Å². The Bertz CT molecular complexity index is 1200. The van der Waals surface area contributed by atoms with Crippen molar-refractivity contribution in [3.05, 3.63) is 11.6 Å². The Kier molecular flexibility index (Phi) is 7.64. The van der Waals surface area contributed by atoms with E-state index in [1.54, 1.807) is 0 Å². The molecule has 3 heterocycles. The van der Waals surface area contributed by atoms with Crippen molar-refractivity contribution in [3.63, 3.8) is 0 Å². The van der Waals surface area contributed by atoms with E-state index in [0.29, 0.717) is 31.0 Å². The molecule has 0 aromatic rings. The van der Waals surface area contributed by atoms with E-state index < -0.39 is 48.7 Å². The van der Waals surface area contributed by atoms with Crippen molar-refractivity contribution < 1.29 is 44.5 Å². The van der Waals surface area contributed by atoms with E-state index in [2.05, 4.69) is 47.6 Å². The molecule has 45 heavy (non-hydrogen) atoms. The van der Waals surface area contributed by atoms with Gasteiger partial charge >= 0.3 is 0 Å². The van der Waals surface area contributed by atoms with Crippen molar-refractivity contribution in [1.29, 1.82) is 0 Å². The Morgan fingerprint density at radius 2 is 1.62 bits per heavy atom. The van der Waals surface area contributed by atoms with Crippen LogP contribution in [-0.4, -0.2) is 93.6 Å². The molecule has 4 aliphatic carbocycles. The van der Waals surface area contributed by atoms with E-state index >= 15 is 0 Å². The van der Waals surface area contributed by atoms with Gasteiger partial charge in [0.25, 0.3) is 0 Å². The average molecular weight is 635 g/mol. The minimum Gasteiger partial charge on any atom is -0.394 e. The van der Waals surface area contributed by atoms with Gasteiger partial charge in [0, 0.05) is 23.7 Å². The fourth-order valence-corrected chi connectivity index (χ4v) is 13.1. The molecule has 7 rings (SSSR count). The highest BCUT2D eigenvalue weighted by Crippen LogP contribution is 2.80. The summed E-state index contributed by atoms with van der Waals surface area (Å²) in [6, 6.07) is 0. The van der Waals surface area contributed by atoms with E-state index in [0.717, 1.165) is 44.9 Å². The zero-order valence-electron chi connectivity index (χ0n) is 28.4. The summed E-state index contributed by atoms with van der Waals surface area (Å²) in [6.07, 6.45) is 2.62. The minimum atomic E-state index is -1.45. The van der Waals surface area contributed by atoms with Crippen LogP contribution >= 0.6 is 0 Å². The van der Waals surface area contributed by atoms with Gasteiger partial charge in [0.15, 0.2) is 12.1 Å². The van der Waals surface area contributed by atoms with Crippen molar-refractivity contribution >= 4 is 0 Å². The Labute approximate surface area is 268 Å². The van der Waals surface area contributed by atoms with Gasteiger partial charge in [-0.15, -0.1) is 0 Å². The number of aliphatic hydroxyl groups excluding tert-OH is 4. The minimum absolute atomic E-state index is 0.0355. The highest BCUT2D eigenvalue weighted by atomic mass is 16.7. The van der Waals surface area contributed by atoms with Crippen molar-refractivity contribution in [2.75, 3.05) is 19.8 Å². The Morgan fingerprint density at radius 1 is 0.889 bits per heavy atom. The first-order valence-corrected chi connectivity index (χ1v) is 17.6. The summed E-state index contributed by atoms with van der Waals surface area (Å²) in [7, 11) is 0. The standard InChI is InChI=1S/C36H58O9/c1-19(2)14-20-16-42-36-17-35(18-43-36)21(29(36)34(20,7)41)8-9-24-32(5)12-11-25(31(3,4)23(32)10-13-33(24,35)6)45-30-28(40)27(39)26(38)22(15-37)44-30/h14,20-30,37-41H,8-13,15-18H2,1-7H3/t20-,21-,22-,23+,24-,25+,26-,27+,28-,29+,30+,32+,33-,34+,35+,36-/m1/s1. The molecule has 9 heteroatoms. The van der Waals surface area contributed by atoms with Crippen LogP contribution in [0.2, 0.25) is 0 Å². The van der Waals surface area contributed by atoms with Crippen LogP contribution in [0.15, 0.2) is 11.6 Å². The molecule has 2 bridgehead atoms. The van der Waals surface area contributed by atoms with Crippen LogP contribution in [0.4, 0.5) is 0 Å². The lowest BCUT2D eigenvalue weighted by Crippen LogP contribution is -2.68. The second-order valence-corrected chi connectivity index (χ2v) is 17.7. The van der Waals surface area contributed by atoms with Crippen LogP contribution in [0.25, 0.3) is 0 Å². The summed E-state index contributed by atoms with van der Waals surface area (Å²) in [5, 5.41) is 53.4. The smallest absolute Gasteiger partial charge is 0.186 e. The largest absolute Gasteiger partial charge is 0.394 e. The van der Waals surface area contributed by atoms with Gasteiger partial charge in [-0.05, 0) is 93.3 Å². The number of allylic oxidation sites excluding steroid dienone is 1. The van der Waals surface area contributed by atoms with Crippen molar-refractivity contribution in [2.24, 2.45) is 51.2 Å². The number of fused-ring (bicyclic) bond motifs is 4. The summed E-state index contributed by atoms with van der Waals surface area (Å²) in [6.45, 7) is 16.6. The molecule has 0 unspecified atom stereocenters. The molecule has 0 aromatic carbocycles. The average Bonchev–Trinajstić information content (AvgIpc) is 3.49. The highest BCUT2D eigenvalue weighted by molar-refractivity contribution is 5.27. The predicted octanol–water partition coefficient (Wildman–Crippen LogP) is 3.54. The van der Waals surface area contributed by atoms with Crippen LogP contribution in [0.1, 0.15) is 93.4 Å². The normalized spacial score (nSPS) is 58.2. The number of aliphatic hydroxyl groups is 5. The number of hydrogen-bond acceptors (Lipinski definition) is 9. The summed E-state index contributed by atoms with van der Waals surface area (Å²) >= 11 is 0. The molecule has 7 fully saturated rings. The van der Waals surface area contributed by atoms with E-state index in [4.69, 9.17) is 18.9 Å². The molecule has 9 nitrogen and oxygen atoms in total. The number of ether oxygens (including phenoxy) is 4. The Hall–Kier alpha value is -0.620. The van der Waals surface area contributed by atoms with Gasteiger partial charge in [-0.3, -0.25) is 0 Å². The SMILES string of the molecule is CC(C)=C[C@@H]1CO[C@]23C[C@]4(CO2)[C@H](CC[C@@H]2[C@@]5(C)CC[C@H](O[C@@H]6O[C@H](CO)[C@@H](O)[C@H](O)[C@H]6O)C(C)(C)[C@@H]5CC[C@]24C)[C@H]3[C@@]1(C)O. The van der Waals surface area contributed by atoms with Gasteiger partial charge in [0.1, 0.15) is 24.4 Å². The molecule has 2 spiro atoms. The number of rotatable bonds is 4. The highest BCUT2D eigenvalue weighted by Gasteiger charge is 2.81. The van der Waals surface area contributed by atoms with E-state index in [-0.39, 0.29) is 39.6 Å². The van der Waals surface area contributed by atoms with Crippen LogP contribution in [0.5, 0.6) is 0 Å². The van der Waals surface area contributed by atoms with Crippen molar-refractivity contribution in [3.8, 4) is 0 Å². The van der Waals surface area contributed by atoms with Crippen LogP contribution < -0.4 is 0 Å². The van der Waals surface area contributed by atoms with Gasteiger partial charge in [0.05, 0.1) is 31.5 Å². The molecule has 7 aliphatic rings. The lowest BCUT2D eigenvalue weighted by atomic mass is 9.35. The molecular weight excluding hydrogens is 576 g/mol. The Balaban J connectivity index is 1.16. The van der Waals surface area contributed by atoms with Crippen molar-refractivity contribution in [1.82, 2.24) is 0 Å². The summed E-state index contributed by atoms with van der Waals surface area (Å²) < 4.78 is 25.7. The molecule has 0 aromatic heterocycles. The van der Waals surface area contributed by atoms with E-state index in [1.165, 1.54) is 5.57 Å². The molecule has 256 valence electrons. The molecule has 3 saturated heterocycles. The molecule has 16 atom stereocenters. The first-order valence-electron chi connectivity index (χ1n) is 17.6. The maximum atomic E-state index is 12.2. The molecule has 5 N–H and O–H groups in total. The van der Waals surface area contributed by atoms with Gasteiger partial charge in [-0.1, -0.05) is 39.3 Å². The number of hydrogen-bond donors (Lipinski definition) is 5. The fraction of sp³-hybridized carbons (Fsp3) is 0.944. The van der Waals surface area contributed by atoms with Crippen LogP contribution in [0, 0.1) is 51.2 Å². The molecule has 3 aliphatic heterocycles. The first-order chi connectivity index (χ1) is 21.0. The monoisotopic (exact) mass is 634 g/mol. The van der Waals surface area contributed by atoms with E-state index in [9.17, 15) is 25.5 Å². The molecular formula is C36H58O9. The lowest BCUT2D eigenvalue weighted by Gasteiger charge is -2.70. The summed E-state index contributed by atoms with van der Waals surface area (Å²) in [5.74, 6) is 0.430. The van der Waals surface area contributed by atoms with Gasteiger partial charge in [-0.25, -0.2) is 0 Å².